The predicted octanol–water partition coefficient (Wildman–Crippen LogP) is 5.84. The van der Waals surface area contributed by atoms with Gasteiger partial charge < -0.3 is 14.8 Å². The highest BCUT2D eigenvalue weighted by Crippen LogP contribution is 2.39. The van der Waals surface area contributed by atoms with E-state index < -0.39 is 0 Å². The number of anilines is 1. The van der Waals surface area contributed by atoms with Crippen molar-refractivity contribution in [3.05, 3.63) is 64.3 Å². The second kappa shape index (κ2) is 13.1. The molecule has 10 heteroatoms. The Balaban J connectivity index is 1.42. The lowest BCUT2D eigenvalue weighted by Crippen LogP contribution is -2.19. The maximum atomic E-state index is 13.0. The molecule has 1 aliphatic carbocycles. The summed E-state index contributed by atoms with van der Waals surface area (Å²) < 4.78 is 13.3. The van der Waals surface area contributed by atoms with Crippen molar-refractivity contribution in [3.63, 3.8) is 0 Å². The van der Waals surface area contributed by atoms with Crippen molar-refractivity contribution in [2.45, 2.75) is 77.3 Å². The molecule has 0 radical (unpaired) electrons. The zero-order chi connectivity index (χ0) is 27.1. The Kier molecular flexibility index (Phi) is 9.63. The summed E-state index contributed by atoms with van der Waals surface area (Å²) in [5, 5.41) is 12.7. The molecule has 2 heterocycles. The highest BCUT2D eigenvalue weighted by Gasteiger charge is 2.28. The number of hydrogen-bond acceptors (Lipinski definition) is 8. The van der Waals surface area contributed by atoms with E-state index in [9.17, 15) is 9.59 Å². The zero-order valence-corrected chi connectivity index (χ0v) is 23.8. The van der Waals surface area contributed by atoms with Gasteiger partial charge in [-0.25, -0.2) is 4.79 Å². The topological polar surface area (TPSA) is 95.3 Å². The van der Waals surface area contributed by atoms with Gasteiger partial charge in [-0.2, -0.15) is 0 Å². The molecular formula is C28H34N4O4S2. The molecule has 202 valence electrons. The molecule has 0 bridgehead atoms. The van der Waals surface area contributed by atoms with Crippen molar-refractivity contribution >= 4 is 40.0 Å². The third-order valence-electron chi connectivity index (χ3n) is 6.11. The Hall–Kier alpha value is -3.11. The Bertz CT molecular complexity index is 1280. The monoisotopic (exact) mass is 554 g/mol. The van der Waals surface area contributed by atoms with Gasteiger partial charge in [0.1, 0.15) is 17.4 Å². The molecule has 0 unspecified atom stereocenters. The predicted molar refractivity (Wildman–Crippen MR) is 151 cm³/mol. The Morgan fingerprint density at radius 2 is 1.97 bits per heavy atom. The first-order valence-corrected chi connectivity index (χ1v) is 14.7. The van der Waals surface area contributed by atoms with Gasteiger partial charge in [-0.15, -0.1) is 28.1 Å². The quantitative estimate of drug-likeness (QED) is 0.171. The van der Waals surface area contributed by atoms with E-state index in [1.165, 1.54) is 28.7 Å². The Morgan fingerprint density at radius 3 is 2.68 bits per heavy atom. The van der Waals surface area contributed by atoms with Crippen molar-refractivity contribution in [1.29, 1.82) is 0 Å². The minimum atomic E-state index is -0.373. The molecule has 4 rings (SSSR count). The highest BCUT2D eigenvalue weighted by atomic mass is 32.2. The maximum Gasteiger partial charge on any atom is 0.341 e. The number of aryl methyl sites for hydroxylation is 2. The fourth-order valence-electron chi connectivity index (χ4n) is 4.25. The summed E-state index contributed by atoms with van der Waals surface area (Å²) in [6.45, 7) is 10.3. The fourth-order valence-corrected chi connectivity index (χ4v) is 6.31. The molecule has 1 aliphatic rings. The van der Waals surface area contributed by atoms with Crippen molar-refractivity contribution in [2.24, 2.45) is 0 Å². The molecule has 0 fully saturated rings. The normalized spacial score (nSPS) is 12.7. The lowest BCUT2D eigenvalue weighted by Gasteiger charge is -2.14. The third-order valence-corrected chi connectivity index (χ3v) is 8.28. The molecule has 1 aromatic carbocycles. The first-order valence-electron chi connectivity index (χ1n) is 12.9. The molecule has 0 aliphatic heterocycles. The number of hydrogen-bond donors (Lipinski definition) is 1. The Labute approximate surface area is 231 Å². The first-order chi connectivity index (χ1) is 18.4. The van der Waals surface area contributed by atoms with Gasteiger partial charge in [0.25, 0.3) is 0 Å². The highest BCUT2D eigenvalue weighted by molar-refractivity contribution is 7.99. The summed E-state index contributed by atoms with van der Waals surface area (Å²) in [5.41, 5.74) is 2.78. The van der Waals surface area contributed by atoms with Crippen LogP contribution in [0.15, 0.2) is 42.1 Å². The molecule has 0 atom stereocenters. The number of benzene rings is 1. The molecule has 0 spiro atoms. The summed E-state index contributed by atoms with van der Waals surface area (Å²) in [6, 6.07) is 7.98. The molecule has 0 saturated carbocycles. The number of allylic oxidation sites excluding steroid dienone is 1. The summed E-state index contributed by atoms with van der Waals surface area (Å²) >= 11 is 2.77. The number of amides is 1. The minimum Gasteiger partial charge on any atom is -0.486 e. The van der Waals surface area contributed by atoms with Crippen LogP contribution in [-0.2, 0) is 41.9 Å². The van der Waals surface area contributed by atoms with E-state index in [2.05, 4.69) is 29.0 Å². The van der Waals surface area contributed by atoms with Gasteiger partial charge in [0.05, 0.1) is 17.4 Å². The summed E-state index contributed by atoms with van der Waals surface area (Å²) in [5.74, 6) is 0.943. The van der Waals surface area contributed by atoms with Crippen LogP contribution in [0, 0.1) is 0 Å². The molecule has 2 aromatic heterocycles. The smallest absolute Gasteiger partial charge is 0.341 e. The molecule has 3 aromatic rings. The summed E-state index contributed by atoms with van der Waals surface area (Å²) in [6.07, 6.45) is 6.37. The standard InChI is InChI=1S/C28H34N4O4S2/c1-5-15-32-23(16-35-20-13-11-19(6-2)12-14-20)30-31-28(32)37-17-24(33)29-26-25(27(34)36-18(3)4)21-9-7-8-10-22(21)38-26/h5,11-14,18H,1,6-10,15-17H2,2-4H3,(H,29,33). The number of aromatic nitrogens is 3. The van der Waals surface area contributed by atoms with Crippen molar-refractivity contribution < 1.29 is 19.1 Å². The van der Waals surface area contributed by atoms with Crippen LogP contribution >= 0.6 is 23.1 Å². The third kappa shape index (κ3) is 6.85. The molecule has 8 nitrogen and oxygen atoms in total. The van der Waals surface area contributed by atoms with E-state index in [1.807, 2.05) is 42.7 Å². The van der Waals surface area contributed by atoms with Crippen molar-refractivity contribution in [2.75, 3.05) is 11.1 Å². The van der Waals surface area contributed by atoms with Gasteiger partial charge in [0.2, 0.25) is 5.91 Å². The number of fused-ring (bicyclic) bond motifs is 1. The second-order valence-corrected chi connectivity index (χ2v) is 11.3. The molecular weight excluding hydrogens is 520 g/mol. The van der Waals surface area contributed by atoms with Gasteiger partial charge in [-0.1, -0.05) is 36.9 Å². The SMILES string of the molecule is C=CCn1c(COc2ccc(CC)cc2)nnc1SCC(=O)Nc1sc2c(c1C(=O)OC(C)C)CCCC2. The van der Waals surface area contributed by atoms with Crippen LogP contribution in [0.5, 0.6) is 5.75 Å². The molecule has 1 N–H and O–H groups in total. The molecule has 38 heavy (non-hydrogen) atoms. The van der Waals surface area contributed by atoms with Crippen LogP contribution in [-0.4, -0.2) is 38.5 Å². The number of ether oxygens (including phenoxy) is 2. The molecule has 0 saturated heterocycles. The summed E-state index contributed by atoms with van der Waals surface area (Å²) in [7, 11) is 0. The number of esters is 1. The number of thiophene rings is 1. The van der Waals surface area contributed by atoms with Crippen LogP contribution in [0.1, 0.15) is 65.8 Å². The van der Waals surface area contributed by atoms with E-state index in [0.29, 0.717) is 28.1 Å². The average molecular weight is 555 g/mol. The largest absolute Gasteiger partial charge is 0.486 e. The number of carbonyl (C=O) groups is 2. The van der Waals surface area contributed by atoms with E-state index in [4.69, 9.17) is 9.47 Å². The van der Waals surface area contributed by atoms with Crippen molar-refractivity contribution in [3.8, 4) is 5.75 Å². The number of carbonyl (C=O) groups excluding carboxylic acids is 2. The molecule has 1 amide bonds. The van der Waals surface area contributed by atoms with Crippen LogP contribution in [0.25, 0.3) is 0 Å². The second-order valence-electron chi connectivity index (χ2n) is 9.29. The van der Waals surface area contributed by atoms with Crippen LogP contribution in [0.2, 0.25) is 0 Å². The van der Waals surface area contributed by atoms with Crippen LogP contribution in [0.4, 0.5) is 5.00 Å². The first kappa shape index (κ1) is 27.9. The number of thioether (sulfide) groups is 1. The average Bonchev–Trinajstić information content (AvgIpc) is 3.46. The van der Waals surface area contributed by atoms with Gasteiger partial charge in [-0.05, 0) is 69.2 Å². The fraction of sp³-hybridized carbons (Fsp3) is 0.429. The number of nitrogens with zero attached hydrogens (tertiary/aromatic N) is 3. The lowest BCUT2D eigenvalue weighted by molar-refractivity contribution is -0.113. The van der Waals surface area contributed by atoms with Crippen molar-refractivity contribution in [1.82, 2.24) is 14.8 Å². The number of nitrogens with one attached hydrogen (secondary N) is 1. The van der Waals surface area contributed by atoms with E-state index in [1.54, 1.807) is 6.08 Å². The summed E-state index contributed by atoms with van der Waals surface area (Å²) in [4.78, 5) is 27.0. The van der Waals surface area contributed by atoms with E-state index in [-0.39, 0.29) is 30.3 Å². The lowest BCUT2D eigenvalue weighted by atomic mass is 9.95. The number of rotatable bonds is 12. The van der Waals surface area contributed by atoms with Gasteiger partial charge in [0, 0.05) is 11.4 Å². The Morgan fingerprint density at radius 1 is 1.21 bits per heavy atom. The van der Waals surface area contributed by atoms with Crippen LogP contribution in [0.3, 0.4) is 0 Å². The maximum absolute atomic E-state index is 13.0. The van der Waals surface area contributed by atoms with E-state index >= 15 is 0 Å². The van der Waals surface area contributed by atoms with Gasteiger partial charge >= 0.3 is 5.97 Å². The van der Waals surface area contributed by atoms with E-state index in [0.717, 1.165) is 48.3 Å². The van der Waals surface area contributed by atoms with Gasteiger partial charge in [0.15, 0.2) is 11.0 Å². The minimum absolute atomic E-state index is 0.121. The van der Waals surface area contributed by atoms with Crippen LogP contribution < -0.4 is 10.1 Å². The van der Waals surface area contributed by atoms with Gasteiger partial charge in [-0.3, -0.25) is 9.36 Å². The zero-order valence-electron chi connectivity index (χ0n) is 22.1.